The molecule has 0 rings (SSSR count). The normalized spacial score (nSPS) is 13.0. The van der Waals surface area contributed by atoms with E-state index in [-0.39, 0.29) is 11.8 Å². The molecule has 0 aliphatic rings. The zero-order valence-electron chi connectivity index (χ0n) is 27.4. The van der Waals surface area contributed by atoms with Gasteiger partial charge in [-0.25, -0.2) is 0 Å². The number of carboxylic acids is 2. The molecule has 0 saturated carbocycles. The summed E-state index contributed by atoms with van der Waals surface area (Å²) in [6, 6.07) is 0. The molecule has 230 valence electrons. The lowest BCUT2D eigenvalue weighted by atomic mass is 9.91. The fourth-order valence-electron chi connectivity index (χ4n) is 3.88. The van der Waals surface area contributed by atoms with Crippen molar-refractivity contribution in [3.63, 3.8) is 0 Å². The van der Waals surface area contributed by atoms with Crippen LogP contribution in [0.25, 0.3) is 0 Å². The molecule has 0 bridgehead atoms. The van der Waals surface area contributed by atoms with Crippen molar-refractivity contribution in [1.29, 1.82) is 0 Å². The zero-order valence-corrected chi connectivity index (χ0v) is 27.4. The quantitative estimate of drug-likeness (QED) is 0.143. The van der Waals surface area contributed by atoms with Crippen molar-refractivity contribution in [3.8, 4) is 0 Å². The summed E-state index contributed by atoms with van der Waals surface area (Å²) in [5.74, 6) is -2.66. The van der Waals surface area contributed by atoms with Crippen molar-refractivity contribution in [2.24, 2.45) is 11.8 Å². The van der Waals surface area contributed by atoms with Crippen LogP contribution in [0.2, 0.25) is 0 Å². The van der Waals surface area contributed by atoms with Gasteiger partial charge in [0.15, 0.2) is 0 Å². The van der Waals surface area contributed by atoms with E-state index in [4.69, 9.17) is 0 Å². The van der Waals surface area contributed by atoms with Gasteiger partial charge in [-0.1, -0.05) is 104 Å². The largest absolute Gasteiger partial charge is 0.550 e. The number of carbonyl (C=O) groups excluding carboxylic acids is 2. The van der Waals surface area contributed by atoms with Crippen molar-refractivity contribution in [3.05, 3.63) is 0 Å². The van der Waals surface area contributed by atoms with Gasteiger partial charge in [-0.05, 0) is 37.5 Å². The van der Waals surface area contributed by atoms with Crippen LogP contribution in [0.1, 0.15) is 129 Å². The van der Waals surface area contributed by atoms with Crippen LogP contribution in [0.4, 0.5) is 0 Å². The standard InChI is InChI=1S/C24H46O4.2C4H12N/c1-3-5-7-9-11-13-17-21(23(25)26)19-15-16-20-22(24(27)28)18-14-12-10-8-6-4-2;2*1-5(2,3)4/h21-22H,3-20H2,1-2H3,(H,25,26)(H,27,28);2*1-4H3/q;2*+1/p-2. The van der Waals surface area contributed by atoms with Crippen molar-refractivity contribution in [1.82, 2.24) is 0 Å². The van der Waals surface area contributed by atoms with Crippen molar-refractivity contribution in [2.45, 2.75) is 129 Å². The summed E-state index contributed by atoms with van der Waals surface area (Å²) in [5.41, 5.74) is 0. The van der Waals surface area contributed by atoms with Gasteiger partial charge < -0.3 is 28.8 Å². The zero-order chi connectivity index (χ0) is 30.0. The van der Waals surface area contributed by atoms with Gasteiger partial charge >= 0.3 is 0 Å². The van der Waals surface area contributed by atoms with E-state index in [1.807, 2.05) is 0 Å². The summed E-state index contributed by atoms with van der Waals surface area (Å²) in [7, 11) is 17.0. The molecule has 6 nitrogen and oxygen atoms in total. The summed E-state index contributed by atoms with van der Waals surface area (Å²) in [6.45, 7) is 4.37. The van der Waals surface area contributed by atoms with E-state index in [0.29, 0.717) is 25.7 Å². The molecule has 0 saturated heterocycles. The second-order valence-electron chi connectivity index (χ2n) is 13.8. The number of hydrogen-bond donors (Lipinski definition) is 0. The molecular weight excluding hydrogens is 476 g/mol. The Hall–Kier alpha value is -1.14. The maximum atomic E-state index is 11.3. The maximum Gasteiger partial charge on any atom is 0.0675 e. The highest BCUT2D eigenvalue weighted by Crippen LogP contribution is 2.21. The van der Waals surface area contributed by atoms with Crippen LogP contribution < -0.4 is 10.2 Å². The molecule has 0 N–H and O–H groups in total. The summed E-state index contributed by atoms with van der Waals surface area (Å²) >= 11 is 0. The summed E-state index contributed by atoms with van der Waals surface area (Å²) in [4.78, 5) is 22.7. The predicted molar refractivity (Wildman–Crippen MR) is 159 cm³/mol. The first-order valence-electron chi connectivity index (χ1n) is 15.5. The lowest BCUT2D eigenvalue weighted by Crippen LogP contribution is -2.32. The van der Waals surface area contributed by atoms with Gasteiger partial charge in [0.05, 0.1) is 56.4 Å². The molecule has 0 aliphatic carbocycles. The highest BCUT2D eigenvalue weighted by atomic mass is 16.4. The first-order valence-corrected chi connectivity index (χ1v) is 15.5. The molecule has 0 spiro atoms. The molecule has 0 radical (unpaired) electrons. The lowest BCUT2D eigenvalue weighted by Gasteiger charge is -2.20. The molecule has 0 heterocycles. The SMILES string of the molecule is CCCCCCCCC(CCCCC(CCCCCCCC)C(=O)[O-])C(=O)[O-].C[N+](C)(C)C.C[N+](C)(C)C. The van der Waals surface area contributed by atoms with Crippen molar-refractivity contribution in [2.75, 3.05) is 56.4 Å². The summed E-state index contributed by atoms with van der Waals surface area (Å²) < 4.78 is 2.00. The van der Waals surface area contributed by atoms with Gasteiger partial charge in [-0.15, -0.1) is 0 Å². The number of rotatable bonds is 21. The van der Waals surface area contributed by atoms with E-state index in [2.05, 4.69) is 70.2 Å². The number of unbranched alkanes of at least 4 members (excludes halogenated alkanes) is 11. The predicted octanol–water partition coefficient (Wildman–Crippen LogP) is 5.43. The number of nitrogens with zero attached hydrogens (tertiary/aromatic N) is 2. The van der Waals surface area contributed by atoms with E-state index in [1.165, 1.54) is 51.4 Å². The van der Waals surface area contributed by atoms with Gasteiger partial charge in [0.25, 0.3) is 0 Å². The second kappa shape index (κ2) is 26.1. The third kappa shape index (κ3) is 44.8. The number of aliphatic carboxylic acids is 2. The van der Waals surface area contributed by atoms with Crippen molar-refractivity contribution < 1.29 is 28.8 Å². The third-order valence-electron chi connectivity index (χ3n) is 5.83. The van der Waals surface area contributed by atoms with E-state index < -0.39 is 11.9 Å². The lowest BCUT2D eigenvalue weighted by molar-refractivity contribution is -0.849. The van der Waals surface area contributed by atoms with Crippen molar-refractivity contribution >= 4 is 11.9 Å². The van der Waals surface area contributed by atoms with Crippen LogP contribution in [-0.2, 0) is 9.59 Å². The van der Waals surface area contributed by atoms with E-state index >= 15 is 0 Å². The average Bonchev–Trinajstić information content (AvgIpc) is 2.75. The Morgan fingerprint density at radius 2 is 0.632 bits per heavy atom. The van der Waals surface area contributed by atoms with Crippen LogP contribution >= 0.6 is 0 Å². The average molecular weight is 545 g/mol. The Morgan fingerprint density at radius 3 is 0.842 bits per heavy atom. The summed E-state index contributed by atoms with van der Waals surface area (Å²) in [5, 5.41) is 22.7. The van der Waals surface area contributed by atoms with Crippen LogP contribution in [0.5, 0.6) is 0 Å². The molecule has 0 aromatic rings. The molecule has 0 fully saturated rings. The number of carbonyl (C=O) groups is 2. The molecule has 0 aromatic carbocycles. The third-order valence-corrected chi connectivity index (χ3v) is 5.83. The van der Waals surface area contributed by atoms with Crippen LogP contribution in [-0.4, -0.2) is 77.3 Å². The smallest absolute Gasteiger partial charge is 0.0675 e. The van der Waals surface area contributed by atoms with Gasteiger partial charge in [0, 0.05) is 11.9 Å². The molecule has 38 heavy (non-hydrogen) atoms. The Kier molecular flexibility index (Phi) is 28.4. The maximum absolute atomic E-state index is 11.3. The first kappa shape index (κ1) is 41.3. The van der Waals surface area contributed by atoms with Gasteiger partial charge in [0.1, 0.15) is 0 Å². The summed E-state index contributed by atoms with van der Waals surface area (Å²) in [6.07, 6.45) is 17.9. The molecule has 2 atom stereocenters. The van der Waals surface area contributed by atoms with E-state index in [9.17, 15) is 19.8 Å². The Morgan fingerprint density at radius 1 is 0.447 bits per heavy atom. The first-order chi connectivity index (χ1) is 17.5. The number of quaternary nitrogens is 2. The molecule has 6 heteroatoms. The van der Waals surface area contributed by atoms with Crippen LogP contribution in [0.15, 0.2) is 0 Å². The Bertz CT molecular complexity index is 479. The van der Waals surface area contributed by atoms with Crippen LogP contribution in [0, 0.1) is 11.8 Å². The minimum absolute atomic E-state index is 0.383. The molecule has 0 aromatic heterocycles. The minimum Gasteiger partial charge on any atom is -0.550 e. The highest BCUT2D eigenvalue weighted by molar-refractivity contribution is 5.67. The number of hydrogen-bond acceptors (Lipinski definition) is 4. The Balaban J connectivity index is -0.00000103. The van der Waals surface area contributed by atoms with E-state index in [1.54, 1.807) is 0 Å². The molecule has 0 amide bonds. The Labute approximate surface area is 238 Å². The number of carboxylic acid groups (broad SMARTS) is 2. The van der Waals surface area contributed by atoms with Gasteiger partial charge in [0.2, 0.25) is 0 Å². The fraction of sp³-hybridized carbons (Fsp3) is 0.938. The molecule has 2 unspecified atom stereocenters. The van der Waals surface area contributed by atoms with Crippen LogP contribution in [0.3, 0.4) is 0 Å². The van der Waals surface area contributed by atoms with Gasteiger partial charge in [-0.2, -0.15) is 0 Å². The fourth-order valence-corrected chi connectivity index (χ4v) is 3.88. The topological polar surface area (TPSA) is 80.3 Å². The second-order valence-corrected chi connectivity index (χ2v) is 13.8. The molecular formula is C32H68N2O4. The minimum atomic E-state index is -0.947. The highest BCUT2D eigenvalue weighted by Gasteiger charge is 2.13. The van der Waals surface area contributed by atoms with E-state index in [0.717, 1.165) is 47.5 Å². The monoisotopic (exact) mass is 545 g/mol. The van der Waals surface area contributed by atoms with Gasteiger partial charge in [-0.3, -0.25) is 0 Å². The molecule has 0 aliphatic heterocycles.